The molecule has 2 unspecified atom stereocenters. The van der Waals surface area contributed by atoms with E-state index in [1.165, 1.54) is 0 Å². The van der Waals surface area contributed by atoms with E-state index in [0.29, 0.717) is 40.3 Å². The molecule has 0 saturated carbocycles. The lowest BCUT2D eigenvalue weighted by Crippen LogP contribution is -2.18. The van der Waals surface area contributed by atoms with Crippen molar-refractivity contribution in [3.8, 4) is 11.5 Å². The normalized spacial score (nSPS) is 16.1. The number of rotatable bonds is 4. The van der Waals surface area contributed by atoms with Gasteiger partial charge in [-0.1, -0.05) is 30.3 Å². The highest BCUT2D eigenvalue weighted by atomic mass is 127. The largest absolute Gasteiger partial charge is 0.480 e. The third-order valence-corrected chi connectivity index (χ3v) is 5.77. The minimum absolute atomic E-state index is 0.226. The van der Waals surface area contributed by atoms with Crippen molar-refractivity contribution < 1.29 is 22.4 Å². The van der Waals surface area contributed by atoms with Crippen LogP contribution in [0.15, 0.2) is 60.7 Å². The van der Waals surface area contributed by atoms with Crippen molar-refractivity contribution in [3.63, 3.8) is 0 Å². The van der Waals surface area contributed by atoms with Gasteiger partial charge in [-0.3, -0.25) is 0 Å². The Balaban J connectivity index is 1.98. The number of halogens is 4. The molecule has 0 saturated heterocycles. The van der Waals surface area contributed by atoms with Gasteiger partial charge in [0.2, 0.25) is 0 Å². The Morgan fingerprint density at radius 3 is 2.31 bits per heavy atom. The fourth-order valence-electron chi connectivity index (χ4n) is 3.52. The molecule has 0 bridgehead atoms. The van der Waals surface area contributed by atoms with E-state index in [1.54, 1.807) is 25.1 Å². The van der Waals surface area contributed by atoms with Crippen LogP contribution in [-0.4, -0.2) is 0 Å². The first-order chi connectivity index (χ1) is 14.0. The van der Waals surface area contributed by atoms with Crippen molar-refractivity contribution in [2.24, 2.45) is 0 Å². The van der Waals surface area contributed by atoms with Crippen LogP contribution in [0.1, 0.15) is 29.7 Å². The predicted octanol–water partition coefficient (Wildman–Crippen LogP) is 7.49. The maximum absolute atomic E-state index is 14.7. The van der Waals surface area contributed by atoms with Crippen LogP contribution in [0.3, 0.4) is 0 Å². The molecule has 4 rings (SSSR count). The lowest BCUT2D eigenvalue weighted by molar-refractivity contribution is 0.259. The Labute approximate surface area is 181 Å². The van der Waals surface area contributed by atoms with Gasteiger partial charge in [-0.25, -0.2) is 13.2 Å². The minimum Gasteiger partial charge on any atom is -0.480 e. The van der Waals surface area contributed by atoms with Crippen molar-refractivity contribution in [1.82, 2.24) is 0 Å². The highest BCUT2D eigenvalue weighted by Gasteiger charge is 2.33. The first kappa shape index (κ1) is 20.2. The van der Waals surface area contributed by atoms with Gasteiger partial charge < -0.3 is 9.26 Å². The summed E-state index contributed by atoms with van der Waals surface area (Å²) in [6, 6.07) is 15.9. The standard InChI is InChI=1S/C22H15F3IO2P/c1-12-16-11-15(28-29-26)7-8-19(16)27-22(13-5-3-2-4-6-13)20(12)21-17(24)9-14(23)10-18(21)25/h2-11,22,29H,1H3. The average molecular weight is 526 g/mol. The number of fused-ring (bicyclic) bond motifs is 1. The van der Waals surface area contributed by atoms with Crippen molar-refractivity contribution in [1.29, 1.82) is 0 Å². The van der Waals surface area contributed by atoms with Gasteiger partial charge in [-0.15, -0.1) is 0 Å². The summed E-state index contributed by atoms with van der Waals surface area (Å²) in [5.41, 5.74) is 2.11. The molecular formula is C22H15F3IO2P. The van der Waals surface area contributed by atoms with E-state index < -0.39 is 23.6 Å². The molecule has 0 aromatic heterocycles. The molecule has 1 heterocycles. The topological polar surface area (TPSA) is 18.5 Å². The zero-order valence-corrected chi connectivity index (χ0v) is 18.3. The van der Waals surface area contributed by atoms with Crippen molar-refractivity contribution in [3.05, 3.63) is 94.8 Å². The summed E-state index contributed by atoms with van der Waals surface area (Å²) < 4.78 is 54.8. The Bertz CT molecular complexity index is 1080. The van der Waals surface area contributed by atoms with Gasteiger partial charge in [0.1, 0.15) is 41.5 Å². The van der Waals surface area contributed by atoms with E-state index in [2.05, 4.69) is 22.0 Å². The highest BCUT2D eigenvalue weighted by Crippen LogP contribution is 2.48. The SMILES string of the molecule is CC1=C(c2c(F)cc(F)cc2F)C(c2ccccc2)Oc2ccc(OPI)cc21. The summed E-state index contributed by atoms with van der Waals surface area (Å²) in [7, 11) is 0. The number of allylic oxidation sites excluding steroid dienone is 1. The van der Waals surface area contributed by atoms with E-state index in [0.717, 1.165) is 5.56 Å². The first-order valence-corrected chi connectivity index (χ1v) is 12.8. The van der Waals surface area contributed by atoms with Gasteiger partial charge in [-0.2, -0.15) is 0 Å². The van der Waals surface area contributed by atoms with Gasteiger partial charge in [0.25, 0.3) is 0 Å². The van der Waals surface area contributed by atoms with Gasteiger partial charge in [0.05, 0.1) is 5.56 Å². The van der Waals surface area contributed by atoms with Gasteiger partial charge >= 0.3 is 0 Å². The molecule has 148 valence electrons. The number of ether oxygens (including phenoxy) is 1. The molecule has 3 aromatic carbocycles. The van der Waals surface area contributed by atoms with Crippen molar-refractivity contribution in [2.45, 2.75) is 13.0 Å². The van der Waals surface area contributed by atoms with Crippen LogP contribution in [0.4, 0.5) is 13.2 Å². The zero-order valence-electron chi connectivity index (χ0n) is 15.2. The van der Waals surface area contributed by atoms with Crippen LogP contribution >= 0.6 is 28.5 Å². The lowest BCUT2D eigenvalue weighted by Gasteiger charge is -2.31. The maximum Gasteiger partial charge on any atom is 0.150 e. The molecule has 2 atom stereocenters. The third-order valence-electron chi connectivity index (χ3n) is 4.80. The summed E-state index contributed by atoms with van der Waals surface area (Å²) in [5, 5.41) is 0. The minimum atomic E-state index is -0.967. The molecule has 1 aliphatic heterocycles. The van der Waals surface area contributed by atoms with Crippen LogP contribution in [0.2, 0.25) is 0 Å². The highest BCUT2D eigenvalue weighted by molar-refractivity contribution is 14.2. The molecule has 0 N–H and O–H groups in total. The Hall–Kier alpha value is -2.05. The van der Waals surface area contributed by atoms with E-state index >= 15 is 0 Å². The zero-order chi connectivity index (χ0) is 20.5. The predicted molar refractivity (Wildman–Crippen MR) is 118 cm³/mol. The average Bonchev–Trinajstić information content (AvgIpc) is 2.70. The Kier molecular flexibility index (Phi) is 5.83. The van der Waals surface area contributed by atoms with E-state index in [9.17, 15) is 13.2 Å². The Morgan fingerprint density at radius 2 is 1.66 bits per heavy atom. The lowest BCUT2D eigenvalue weighted by atomic mass is 9.85. The summed E-state index contributed by atoms with van der Waals surface area (Å²) in [6.45, 7) is 2.01. The van der Waals surface area contributed by atoms with Crippen LogP contribution in [-0.2, 0) is 0 Å². The molecule has 0 spiro atoms. The molecule has 29 heavy (non-hydrogen) atoms. The van der Waals surface area contributed by atoms with E-state index in [4.69, 9.17) is 9.26 Å². The summed E-state index contributed by atoms with van der Waals surface area (Å²) in [6.07, 6.45) is -0.739. The second kappa shape index (κ2) is 8.36. The molecule has 0 amide bonds. The summed E-state index contributed by atoms with van der Waals surface area (Å²) in [5.74, 6) is -1.67. The van der Waals surface area contributed by atoms with Crippen LogP contribution < -0.4 is 9.26 Å². The fourth-order valence-corrected chi connectivity index (χ4v) is 4.50. The van der Waals surface area contributed by atoms with Crippen LogP contribution in [0.5, 0.6) is 11.5 Å². The molecule has 3 aromatic rings. The monoisotopic (exact) mass is 526 g/mol. The summed E-state index contributed by atoms with van der Waals surface area (Å²) in [4.78, 5) is 0. The second-order valence-corrected chi connectivity index (χ2v) is 8.21. The van der Waals surface area contributed by atoms with E-state index in [1.807, 2.05) is 30.3 Å². The molecular weight excluding hydrogens is 511 g/mol. The quantitative estimate of drug-likeness (QED) is 0.259. The first-order valence-electron chi connectivity index (χ1n) is 8.73. The third kappa shape index (κ3) is 3.88. The Morgan fingerprint density at radius 1 is 0.966 bits per heavy atom. The van der Waals surface area contributed by atoms with E-state index in [-0.39, 0.29) is 12.0 Å². The second-order valence-electron chi connectivity index (χ2n) is 6.53. The molecule has 0 aliphatic carbocycles. The van der Waals surface area contributed by atoms with Crippen LogP contribution in [0, 0.1) is 17.5 Å². The smallest absolute Gasteiger partial charge is 0.150 e. The number of hydrogen-bond acceptors (Lipinski definition) is 2. The molecule has 1 aliphatic rings. The van der Waals surface area contributed by atoms with Gasteiger partial charge in [0.15, 0.2) is 0 Å². The summed E-state index contributed by atoms with van der Waals surface area (Å²) >= 11 is 2.12. The molecule has 0 fully saturated rings. The number of benzene rings is 3. The van der Waals surface area contributed by atoms with Crippen molar-refractivity contribution >= 4 is 39.6 Å². The number of hydrogen-bond donors (Lipinski definition) is 0. The molecule has 2 nitrogen and oxygen atoms in total. The maximum atomic E-state index is 14.7. The van der Waals surface area contributed by atoms with Gasteiger partial charge in [0, 0.05) is 23.3 Å². The van der Waals surface area contributed by atoms with Crippen molar-refractivity contribution in [2.75, 3.05) is 0 Å². The van der Waals surface area contributed by atoms with Crippen LogP contribution in [0.25, 0.3) is 11.1 Å². The fraction of sp³-hybridized carbons (Fsp3) is 0.0909. The molecule has 7 heteroatoms. The van der Waals surface area contributed by atoms with Gasteiger partial charge in [-0.05, 0) is 58.3 Å². The molecule has 0 radical (unpaired) electrons.